The standard InChI is InChI=1S/C23H29N3O8S/c1-3-5-11-25-18-12-16(23(29)33-15-20(27)26-14-21(28)32-4-2)13-19(35(24,30)31)22(18)34-17-9-7-6-8-10-17/h6-10,12-13,25H,3-5,11,14-15H2,1-2H3,(H,26,27)(H2,24,30,31). The zero-order valence-electron chi connectivity index (χ0n) is 19.5. The van der Waals surface area contributed by atoms with E-state index in [9.17, 15) is 22.8 Å². The van der Waals surface area contributed by atoms with Gasteiger partial charge in [-0.1, -0.05) is 31.5 Å². The third-order valence-electron chi connectivity index (χ3n) is 4.48. The SMILES string of the molecule is CCCCNc1cc(C(=O)OCC(=O)NCC(=O)OCC)cc(S(N)(=O)=O)c1Oc1ccccc1. The highest BCUT2D eigenvalue weighted by molar-refractivity contribution is 7.89. The van der Waals surface area contributed by atoms with E-state index in [4.69, 9.17) is 19.3 Å². The summed E-state index contributed by atoms with van der Waals surface area (Å²) >= 11 is 0. The first kappa shape index (κ1) is 27.6. The zero-order chi connectivity index (χ0) is 25.8. The first-order valence-electron chi connectivity index (χ1n) is 10.9. The third-order valence-corrected chi connectivity index (χ3v) is 5.39. The van der Waals surface area contributed by atoms with Crippen molar-refractivity contribution in [3.63, 3.8) is 0 Å². The topological polar surface area (TPSA) is 163 Å². The second-order valence-electron chi connectivity index (χ2n) is 7.25. The average molecular weight is 508 g/mol. The van der Waals surface area contributed by atoms with Gasteiger partial charge in [-0.05, 0) is 37.6 Å². The van der Waals surface area contributed by atoms with Crippen molar-refractivity contribution in [3.8, 4) is 11.5 Å². The van der Waals surface area contributed by atoms with Gasteiger partial charge < -0.3 is 24.8 Å². The smallest absolute Gasteiger partial charge is 0.338 e. The van der Waals surface area contributed by atoms with Gasteiger partial charge in [0, 0.05) is 6.54 Å². The highest BCUT2D eigenvalue weighted by Crippen LogP contribution is 2.37. The molecule has 0 saturated carbocycles. The van der Waals surface area contributed by atoms with E-state index in [0.29, 0.717) is 12.3 Å². The Morgan fingerprint density at radius 3 is 2.37 bits per heavy atom. The lowest BCUT2D eigenvalue weighted by atomic mass is 10.1. The van der Waals surface area contributed by atoms with Crippen LogP contribution in [0.3, 0.4) is 0 Å². The molecule has 2 aromatic rings. The Balaban J connectivity index is 2.30. The summed E-state index contributed by atoms with van der Waals surface area (Å²) in [5.41, 5.74) is 0.0548. The number of unbranched alkanes of at least 4 members (excludes halogenated alkanes) is 1. The van der Waals surface area contributed by atoms with Crippen LogP contribution in [0, 0.1) is 0 Å². The number of hydrogen-bond acceptors (Lipinski definition) is 9. The molecule has 0 radical (unpaired) electrons. The van der Waals surface area contributed by atoms with Crippen LogP contribution in [0.4, 0.5) is 5.69 Å². The highest BCUT2D eigenvalue weighted by atomic mass is 32.2. The summed E-state index contributed by atoms with van der Waals surface area (Å²) in [5.74, 6) is -2.04. The van der Waals surface area contributed by atoms with Gasteiger partial charge in [-0.2, -0.15) is 0 Å². The number of para-hydroxylation sites is 1. The molecule has 0 heterocycles. The van der Waals surface area contributed by atoms with Crippen LogP contribution in [0.1, 0.15) is 37.0 Å². The largest absolute Gasteiger partial charge is 0.465 e. The van der Waals surface area contributed by atoms with Crippen LogP contribution in [0.15, 0.2) is 47.4 Å². The molecule has 190 valence electrons. The van der Waals surface area contributed by atoms with Gasteiger partial charge in [0.05, 0.1) is 17.9 Å². The third kappa shape index (κ3) is 8.91. The Bertz CT molecular complexity index is 1140. The maximum atomic E-state index is 12.6. The molecule has 0 aliphatic carbocycles. The first-order valence-corrected chi connectivity index (χ1v) is 12.5. The molecule has 1 amide bonds. The van der Waals surface area contributed by atoms with Crippen molar-refractivity contribution in [1.82, 2.24) is 5.32 Å². The van der Waals surface area contributed by atoms with E-state index in [-0.39, 0.29) is 30.2 Å². The summed E-state index contributed by atoms with van der Waals surface area (Å²) in [7, 11) is -4.32. The Morgan fingerprint density at radius 2 is 1.74 bits per heavy atom. The normalized spacial score (nSPS) is 10.8. The molecule has 35 heavy (non-hydrogen) atoms. The van der Waals surface area contributed by atoms with Crippen LogP contribution >= 0.6 is 0 Å². The fourth-order valence-corrected chi connectivity index (χ4v) is 3.52. The molecule has 12 heteroatoms. The predicted molar refractivity (Wildman–Crippen MR) is 128 cm³/mol. The lowest BCUT2D eigenvalue weighted by Crippen LogP contribution is -2.34. The minimum Gasteiger partial charge on any atom is -0.465 e. The maximum Gasteiger partial charge on any atom is 0.338 e. The summed E-state index contributed by atoms with van der Waals surface area (Å²) in [6, 6.07) is 10.9. The number of esters is 2. The van der Waals surface area contributed by atoms with Gasteiger partial charge in [0.15, 0.2) is 12.4 Å². The number of nitrogens with two attached hydrogens (primary N) is 1. The lowest BCUT2D eigenvalue weighted by Gasteiger charge is -2.17. The van der Waals surface area contributed by atoms with Crippen LogP contribution in [0.5, 0.6) is 11.5 Å². The van der Waals surface area contributed by atoms with E-state index in [1.807, 2.05) is 6.92 Å². The summed E-state index contributed by atoms with van der Waals surface area (Å²) in [4.78, 5) is 35.4. The summed E-state index contributed by atoms with van der Waals surface area (Å²) in [5, 5.41) is 10.7. The average Bonchev–Trinajstić information content (AvgIpc) is 2.82. The van der Waals surface area contributed by atoms with Crippen LogP contribution in [0.25, 0.3) is 0 Å². The molecular formula is C23H29N3O8S. The zero-order valence-corrected chi connectivity index (χ0v) is 20.4. The summed E-state index contributed by atoms with van der Waals surface area (Å²) in [6.45, 7) is 3.17. The highest BCUT2D eigenvalue weighted by Gasteiger charge is 2.24. The molecule has 0 unspecified atom stereocenters. The molecule has 0 aliphatic rings. The van der Waals surface area contributed by atoms with Gasteiger partial charge in [0.1, 0.15) is 17.2 Å². The molecule has 2 rings (SSSR count). The van der Waals surface area contributed by atoms with E-state index < -0.39 is 39.4 Å². The second kappa shape index (κ2) is 13.3. The van der Waals surface area contributed by atoms with Gasteiger partial charge in [-0.15, -0.1) is 0 Å². The number of hydrogen-bond donors (Lipinski definition) is 3. The molecule has 0 aliphatic heterocycles. The van der Waals surface area contributed by atoms with Crippen LogP contribution < -0.4 is 20.5 Å². The molecule has 0 atom stereocenters. The Labute approximate surface area is 204 Å². The van der Waals surface area contributed by atoms with Crippen molar-refractivity contribution >= 4 is 33.6 Å². The lowest BCUT2D eigenvalue weighted by molar-refractivity contribution is -0.143. The predicted octanol–water partition coefficient (Wildman–Crippen LogP) is 2.17. The molecule has 0 bridgehead atoms. The van der Waals surface area contributed by atoms with Crippen molar-refractivity contribution < 1.29 is 37.0 Å². The minimum absolute atomic E-state index is 0.0708. The molecule has 2 aromatic carbocycles. The van der Waals surface area contributed by atoms with Crippen molar-refractivity contribution in [2.45, 2.75) is 31.6 Å². The summed E-state index contributed by atoms with van der Waals surface area (Å²) in [6.07, 6.45) is 1.64. The number of ether oxygens (including phenoxy) is 3. The molecule has 0 spiro atoms. The number of carbonyl (C=O) groups excluding carboxylic acids is 3. The van der Waals surface area contributed by atoms with E-state index in [0.717, 1.165) is 18.9 Å². The Morgan fingerprint density at radius 1 is 1.03 bits per heavy atom. The molecule has 4 N–H and O–H groups in total. The number of primary sulfonamides is 1. The first-order chi connectivity index (χ1) is 16.7. The van der Waals surface area contributed by atoms with E-state index >= 15 is 0 Å². The van der Waals surface area contributed by atoms with Crippen LogP contribution in [0.2, 0.25) is 0 Å². The van der Waals surface area contributed by atoms with Gasteiger partial charge in [0.2, 0.25) is 10.0 Å². The van der Waals surface area contributed by atoms with E-state index in [1.54, 1.807) is 37.3 Å². The molecular weight excluding hydrogens is 478 g/mol. The molecule has 0 saturated heterocycles. The van der Waals surface area contributed by atoms with Crippen molar-refractivity contribution in [2.75, 3.05) is 31.6 Å². The molecule has 0 aromatic heterocycles. The van der Waals surface area contributed by atoms with E-state index in [1.165, 1.54) is 6.07 Å². The maximum absolute atomic E-state index is 12.6. The number of rotatable bonds is 13. The van der Waals surface area contributed by atoms with Gasteiger partial charge >= 0.3 is 11.9 Å². The van der Waals surface area contributed by atoms with Crippen LogP contribution in [-0.2, 0) is 29.1 Å². The minimum atomic E-state index is -4.32. The van der Waals surface area contributed by atoms with Crippen LogP contribution in [-0.4, -0.2) is 52.6 Å². The number of benzene rings is 2. The number of nitrogens with one attached hydrogen (secondary N) is 2. The molecule has 11 nitrogen and oxygen atoms in total. The van der Waals surface area contributed by atoms with E-state index in [2.05, 4.69) is 10.6 Å². The number of sulfonamides is 1. The summed E-state index contributed by atoms with van der Waals surface area (Å²) < 4.78 is 40.3. The van der Waals surface area contributed by atoms with Crippen molar-refractivity contribution in [1.29, 1.82) is 0 Å². The number of carbonyl (C=O) groups is 3. The second-order valence-corrected chi connectivity index (χ2v) is 8.78. The van der Waals surface area contributed by atoms with Crippen molar-refractivity contribution in [3.05, 3.63) is 48.0 Å². The monoisotopic (exact) mass is 507 g/mol. The van der Waals surface area contributed by atoms with Gasteiger partial charge in [-0.25, -0.2) is 18.4 Å². The van der Waals surface area contributed by atoms with Gasteiger partial charge in [0.25, 0.3) is 5.91 Å². The van der Waals surface area contributed by atoms with Gasteiger partial charge in [-0.3, -0.25) is 9.59 Å². The Kier molecular flexibility index (Phi) is 10.5. The quantitative estimate of drug-likeness (QED) is 0.272. The van der Waals surface area contributed by atoms with Crippen molar-refractivity contribution in [2.24, 2.45) is 5.14 Å². The fraction of sp³-hybridized carbons (Fsp3) is 0.348. The fourth-order valence-electron chi connectivity index (χ4n) is 2.82. The molecule has 0 fully saturated rings. The number of amides is 1. The number of anilines is 1. The Hall–Kier alpha value is -3.64.